The van der Waals surface area contributed by atoms with Gasteiger partial charge in [-0.1, -0.05) is 61.9 Å². The third kappa shape index (κ3) is 4.76. The highest BCUT2D eigenvalue weighted by Gasteiger charge is 2.40. The van der Waals surface area contributed by atoms with Crippen LogP contribution in [0.4, 0.5) is 5.69 Å². The number of allylic oxidation sites excluding steroid dienone is 1. The molecule has 0 N–H and O–H groups in total. The summed E-state index contributed by atoms with van der Waals surface area (Å²) in [6.07, 6.45) is 4.36. The lowest BCUT2D eigenvalue weighted by Gasteiger charge is -2.27. The second kappa shape index (κ2) is 10.2. The zero-order chi connectivity index (χ0) is 27.2. The van der Waals surface area contributed by atoms with Crippen LogP contribution in [0.5, 0.6) is 0 Å². The van der Waals surface area contributed by atoms with Gasteiger partial charge in [-0.3, -0.25) is 0 Å². The minimum Gasteiger partial charge on any atom is -0.344 e. The molecular weight excluding hydrogens is 587 g/mol. The molecule has 0 spiro atoms. The molecule has 0 aliphatic carbocycles. The Morgan fingerprint density at radius 2 is 1.47 bits per heavy atom. The minimum atomic E-state index is -0.200. The molecule has 3 aromatic heterocycles. The van der Waals surface area contributed by atoms with Gasteiger partial charge in [-0.05, 0) is 63.4 Å². The Kier molecular flexibility index (Phi) is 7.15. The highest BCUT2D eigenvalue weighted by atomic mass is 127. The number of benzene rings is 1. The third-order valence-electron chi connectivity index (χ3n) is 7.14. The summed E-state index contributed by atoms with van der Waals surface area (Å²) in [6, 6.07) is 10.9. The van der Waals surface area contributed by atoms with E-state index in [1.807, 2.05) is 39.8 Å². The van der Waals surface area contributed by atoms with Gasteiger partial charge in [0.05, 0.1) is 11.4 Å². The topological polar surface area (TPSA) is 77.5 Å². The van der Waals surface area contributed by atoms with Crippen LogP contribution >= 0.6 is 22.6 Å². The number of alkyl halides is 1. The largest absolute Gasteiger partial charge is 0.344 e. The number of anilines is 1. The molecule has 0 radical (unpaired) electrons. The molecule has 1 aromatic carbocycles. The second-order valence-electron chi connectivity index (χ2n) is 10.6. The van der Waals surface area contributed by atoms with Gasteiger partial charge < -0.3 is 4.90 Å². The van der Waals surface area contributed by atoms with Crippen LogP contribution < -0.4 is 4.90 Å². The van der Waals surface area contributed by atoms with Crippen LogP contribution in [0.2, 0.25) is 0 Å². The number of halogens is 1. The molecule has 38 heavy (non-hydrogen) atoms. The lowest BCUT2D eigenvalue weighted by Crippen LogP contribution is -2.27. The van der Waals surface area contributed by atoms with Gasteiger partial charge in [0.15, 0.2) is 5.82 Å². The van der Waals surface area contributed by atoms with Gasteiger partial charge in [-0.2, -0.15) is 25.1 Å². The maximum atomic E-state index is 4.91. The van der Waals surface area contributed by atoms with Crippen LogP contribution in [0.25, 0.3) is 18.0 Å². The molecule has 0 fully saturated rings. The Hall–Kier alpha value is -3.08. The van der Waals surface area contributed by atoms with Crippen LogP contribution in [-0.4, -0.2) is 41.1 Å². The quantitative estimate of drug-likeness (QED) is 0.177. The third-order valence-corrected chi connectivity index (χ3v) is 8.02. The molecule has 1 aliphatic heterocycles. The summed E-state index contributed by atoms with van der Waals surface area (Å²) in [5.74, 6) is 1.57. The van der Waals surface area contributed by atoms with E-state index in [0.717, 1.165) is 46.6 Å². The molecule has 8 nitrogen and oxygen atoms in total. The molecule has 0 bridgehead atoms. The summed E-state index contributed by atoms with van der Waals surface area (Å²) in [7, 11) is 0. The number of rotatable bonds is 7. The summed E-state index contributed by atoms with van der Waals surface area (Å²) in [4.78, 5) is 17.1. The van der Waals surface area contributed by atoms with E-state index in [0.29, 0.717) is 17.7 Å². The van der Waals surface area contributed by atoms with E-state index in [-0.39, 0.29) is 5.41 Å². The van der Waals surface area contributed by atoms with Crippen molar-refractivity contribution in [1.82, 2.24) is 34.5 Å². The Morgan fingerprint density at radius 1 is 0.868 bits per heavy atom. The van der Waals surface area contributed by atoms with Crippen molar-refractivity contribution in [2.75, 3.05) is 11.4 Å². The van der Waals surface area contributed by atoms with Crippen LogP contribution in [0.15, 0.2) is 36.0 Å². The van der Waals surface area contributed by atoms with Gasteiger partial charge in [0, 0.05) is 45.2 Å². The van der Waals surface area contributed by atoms with Crippen molar-refractivity contribution in [3.8, 4) is 11.9 Å². The summed E-state index contributed by atoms with van der Waals surface area (Å²) in [5.41, 5.74) is 8.72. The zero-order valence-electron chi connectivity index (χ0n) is 23.2. The first-order valence-corrected chi connectivity index (χ1v) is 14.7. The number of hydrogen-bond donors (Lipinski definition) is 0. The van der Waals surface area contributed by atoms with Crippen LogP contribution in [0.3, 0.4) is 0 Å². The second-order valence-corrected chi connectivity index (χ2v) is 11.4. The zero-order valence-corrected chi connectivity index (χ0v) is 25.4. The van der Waals surface area contributed by atoms with Crippen molar-refractivity contribution >= 4 is 34.4 Å². The van der Waals surface area contributed by atoms with Gasteiger partial charge in [-0.15, -0.1) is 0 Å². The number of nitrogens with zero attached hydrogens (tertiary/aromatic N) is 8. The Balaban J connectivity index is 1.71. The van der Waals surface area contributed by atoms with Crippen molar-refractivity contribution in [2.24, 2.45) is 0 Å². The molecule has 9 heteroatoms. The number of fused-ring (bicyclic) bond motifs is 1. The van der Waals surface area contributed by atoms with Crippen LogP contribution in [0, 0.1) is 27.7 Å². The predicted octanol–water partition coefficient (Wildman–Crippen LogP) is 6.35. The number of hydrogen-bond acceptors (Lipinski definition) is 6. The minimum absolute atomic E-state index is 0.200. The van der Waals surface area contributed by atoms with Crippen molar-refractivity contribution in [3.63, 3.8) is 0 Å². The Morgan fingerprint density at radius 3 is 1.97 bits per heavy atom. The van der Waals surface area contributed by atoms with E-state index >= 15 is 0 Å². The van der Waals surface area contributed by atoms with E-state index in [1.165, 1.54) is 22.5 Å². The van der Waals surface area contributed by atoms with E-state index < -0.39 is 0 Å². The van der Waals surface area contributed by atoms with Gasteiger partial charge in [0.25, 0.3) is 11.9 Å². The fourth-order valence-corrected chi connectivity index (χ4v) is 5.71. The van der Waals surface area contributed by atoms with Gasteiger partial charge >= 0.3 is 0 Å². The molecule has 0 atom stereocenters. The fraction of sp³-hybridized carbons (Fsp3) is 0.414. The standard InChI is InChI=1S/C29H35IN8/c1-8-9-12-36-24-11-10-22(17-30)15-23(24)29(6,7)25(36)16-26-31-27(37-20(4)13-18(2)34-37)33-28(32-26)38-21(5)14-19(3)35-38/h10-11,13-16H,8-9,12,17H2,1-7H3/b25-16-. The molecular formula is C29H35IN8. The molecule has 0 saturated heterocycles. The van der Waals surface area contributed by atoms with E-state index in [4.69, 9.17) is 15.0 Å². The highest BCUT2D eigenvalue weighted by Crippen LogP contribution is 2.48. The van der Waals surface area contributed by atoms with E-state index in [2.05, 4.69) is 82.7 Å². The Bertz CT molecular complexity index is 1460. The maximum Gasteiger partial charge on any atom is 0.256 e. The number of unbranched alkanes of at least 4 members (excludes halogenated alkanes) is 1. The SMILES string of the molecule is CCCCN1/C(=C\c2nc(-n3nc(C)cc3C)nc(-n3nc(C)cc3C)n2)C(C)(C)c2cc(CI)ccc21. The molecule has 0 saturated carbocycles. The predicted molar refractivity (Wildman–Crippen MR) is 160 cm³/mol. The first kappa shape index (κ1) is 26.5. The maximum absolute atomic E-state index is 4.91. The average molecular weight is 623 g/mol. The molecule has 0 unspecified atom stereocenters. The summed E-state index contributed by atoms with van der Waals surface area (Å²) in [5, 5.41) is 9.31. The van der Waals surface area contributed by atoms with Crippen molar-refractivity contribution in [2.45, 2.75) is 71.2 Å². The van der Waals surface area contributed by atoms with E-state index in [1.54, 1.807) is 9.36 Å². The number of aromatic nitrogens is 7. The lowest BCUT2D eigenvalue weighted by atomic mass is 9.83. The van der Waals surface area contributed by atoms with Crippen LogP contribution in [0.1, 0.15) is 73.3 Å². The number of aryl methyl sites for hydroxylation is 4. The monoisotopic (exact) mass is 622 g/mol. The first-order chi connectivity index (χ1) is 18.1. The van der Waals surface area contributed by atoms with Crippen molar-refractivity contribution in [3.05, 3.63) is 75.8 Å². The van der Waals surface area contributed by atoms with Crippen molar-refractivity contribution < 1.29 is 0 Å². The average Bonchev–Trinajstić information content (AvgIpc) is 3.47. The molecule has 1 aliphatic rings. The highest BCUT2D eigenvalue weighted by molar-refractivity contribution is 14.1. The fourth-order valence-electron chi connectivity index (χ4n) is 5.23. The Labute approximate surface area is 238 Å². The first-order valence-electron chi connectivity index (χ1n) is 13.1. The smallest absolute Gasteiger partial charge is 0.256 e. The van der Waals surface area contributed by atoms with E-state index in [9.17, 15) is 0 Å². The molecule has 0 amide bonds. The lowest BCUT2D eigenvalue weighted by molar-refractivity contribution is 0.627. The van der Waals surface area contributed by atoms with Crippen molar-refractivity contribution in [1.29, 1.82) is 0 Å². The van der Waals surface area contributed by atoms with Gasteiger partial charge in [-0.25, -0.2) is 9.36 Å². The molecule has 4 aromatic rings. The summed E-state index contributed by atoms with van der Waals surface area (Å²) in [6.45, 7) is 15.8. The molecule has 4 heterocycles. The van der Waals surface area contributed by atoms with Gasteiger partial charge in [0.1, 0.15) is 0 Å². The summed E-state index contributed by atoms with van der Waals surface area (Å²) >= 11 is 2.44. The normalized spacial score (nSPS) is 15.5. The summed E-state index contributed by atoms with van der Waals surface area (Å²) < 4.78 is 4.55. The van der Waals surface area contributed by atoms with Crippen LogP contribution in [-0.2, 0) is 9.84 Å². The van der Waals surface area contributed by atoms with Gasteiger partial charge in [0.2, 0.25) is 0 Å². The molecule has 5 rings (SSSR count). The molecule has 198 valence electrons.